The lowest BCUT2D eigenvalue weighted by molar-refractivity contribution is -0.153. The maximum Gasteiger partial charge on any atom is 0.422 e. The Bertz CT molecular complexity index is 865. The topological polar surface area (TPSA) is 39.7 Å². The minimum atomic E-state index is -4.38. The van der Waals surface area contributed by atoms with Crippen LogP contribution >= 0.6 is 12.4 Å². The van der Waals surface area contributed by atoms with Gasteiger partial charge in [-0.2, -0.15) is 13.2 Å². The first-order valence-electron chi connectivity index (χ1n) is 10.2. The number of benzene rings is 2. The van der Waals surface area contributed by atoms with E-state index in [9.17, 15) is 13.2 Å². The van der Waals surface area contributed by atoms with Gasteiger partial charge in [-0.3, -0.25) is 0 Å². The van der Waals surface area contributed by atoms with Gasteiger partial charge >= 0.3 is 6.18 Å². The first-order valence-corrected chi connectivity index (χ1v) is 10.2. The molecule has 1 N–H and O–H groups in total. The van der Waals surface area contributed by atoms with Gasteiger partial charge in [0, 0.05) is 11.5 Å². The Morgan fingerprint density at radius 2 is 1.94 bits per heavy atom. The fourth-order valence-corrected chi connectivity index (χ4v) is 4.69. The van der Waals surface area contributed by atoms with Crippen LogP contribution in [0, 0.1) is 0 Å². The quantitative estimate of drug-likeness (QED) is 0.650. The number of hydrogen-bond donors (Lipinski definition) is 1. The average Bonchev–Trinajstić information content (AvgIpc) is 3.16. The van der Waals surface area contributed by atoms with Crippen molar-refractivity contribution in [3.05, 3.63) is 59.7 Å². The third kappa shape index (κ3) is 5.27. The van der Waals surface area contributed by atoms with Gasteiger partial charge in [0.1, 0.15) is 11.5 Å². The lowest BCUT2D eigenvalue weighted by Crippen LogP contribution is -2.48. The number of alkyl halides is 3. The standard InChI is InChI=1S/C23H26F3NO3.ClH/c1-28-20-9-8-18(29-15-23(24,25)26)12-19(20)17-13-22(30-14-17)10-5-11-27-21(22)16-6-3-2-4-7-16;/h2-4,6-9,12,17,21,27H,5,10-11,13-15H2,1H3;1H/t17-,21+,22-;/m1./s1. The molecule has 8 heteroatoms. The van der Waals surface area contributed by atoms with Crippen molar-refractivity contribution in [3.8, 4) is 11.5 Å². The van der Waals surface area contributed by atoms with Crippen molar-refractivity contribution in [3.63, 3.8) is 0 Å². The highest BCUT2D eigenvalue weighted by Crippen LogP contribution is 2.49. The Kier molecular flexibility index (Phi) is 7.39. The van der Waals surface area contributed by atoms with Crippen LogP contribution in [0.3, 0.4) is 0 Å². The predicted molar refractivity (Wildman–Crippen MR) is 114 cm³/mol. The molecule has 2 fully saturated rings. The van der Waals surface area contributed by atoms with Gasteiger partial charge in [0.25, 0.3) is 0 Å². The summed E-state index contributed by atoms with van der Waals surface area (Å²) in [6.45, 7) is 0.105. The monoisotopic (exact) mass is 457 g/mol. The molecule has 4 rings (SSSR count). The summed E-state index contributed by atoms with van der Waals surface area (Å²) in [5, 5.41) is 3.61. The molecular formula is C23H27ClF3NO3. The number of nitrogens with one attached hydrogen (secondary N) is 1. The van der Waals surface area contributed by atoms with Crippen molar-refractivity contribution < 1.29 is 27.4 Å². The zero-order valence-electron chi connectivity index (χ0n) is 17.3. The van der Waals surface area contributed by atoms with Crippen molar-refractivity contribution in [2.45, 2.75) is 43.0 Å². The molecule has 2 aliphatic rings. The Morgan fingerprint density at radius 3 is 2.65 bits per heavy atom. The molecule has 1 spiro atoms. The van der Waals surface area contributed by atoms with Crippen molar-refractivity contribution in [2.24, 2.45) is 0 Å². The Hall–Kier alpha value is -1.96. The Morgan fingerprint density at radius 1 is 1.16 bits per heavy atom. The zero-order chi connectivity index (χ0) is 21.2. The summed E-state index contributed by atoms with van der Waals surface area (Å²) >= 11 is 0. The van der Waals surface area contributed by atoms with Gasteiger partial charge in [-0.25, -0.2) is 0 Å². The van der Waals surface area contributed by atoms with E-state index in [2.05, 4.69) is 17.4 Å². The van der Waals surface area contributed by atoms with Gasteiger partial charge in [0.15, 0.2) is 6.61 Å². The first kappa shape index (κ1) is 23.7. The molecule has 31 heavy (non-hydrogen) atoms. The molecule has 2 aromatic carbocycles. The first-order chi connectivity index (χ1) is 14.4. The smallest absolute Gasteiger partial charge is 0.422 e. The SMILES string of the molecule is COc1ccc(OCC(F)(F)F)cc1[C@H]1CO[C@]2(CCCN[C@H]2c2ccccc2)C1.Cl. The van der Waals surface area contributed by atoms with E-state index < -0.39 is 12.8 Å². The summed E-state index contributed by atoms with van der Waals surface area (Å²) in [6.07, 6.45) is -1.67. The predicted octanol–water partition coefficient (Wildman–Crippen LogP) is 5.43. The summed E-state index contributed by atoms with van der Waals surface area (Å²) in [6, 6.07) is 15.2. The van der Waals surface area contributed by atoms with Crippen LogP contribution in [0.15, 0.2) is 48.5 Å². The van der Waals surface area contributed by atoms with Gasteiger partial charge in [-0.05, 0) is 49.6 Å². The summed E-state index contributed by atoms with van der Waals surface area (Å²) in [7, 11) is 1.57. The number of halogens is 4. The maximum atomic E-state index is 12.6. The van der Waals surface area contributed by atoms with E-state index in [0.717, 1.165) is 31.4 Å². The zero-order valence-corrected chi connectivity index (χ0v) is 18.1. The molecule has 2 saturated heterocycles. The minimum absolute atomic E-state index is 0. The highest BCUT2D eigenvalue weighted by molar-refractivity contribution is 5.85. The summed E-state index contributed by atoms with van der Waals surface area (Å²) in [5.41, 5.74) is 1.66. The Labute approximate surface area is 186 Å². The highest BCUT2D eigenvalue weighted by Gasteiger charge is 2.49. The van der Waals surface area contributed by atoms with Gasteiger partial charge in [0.05, 0.1) is 25.4 Å². The molecule has 0 bridgehead atoms. The molecule has 0 aliphatic carbocycles. The molecule has 4 nitrogen and oxygen atoms in total. The molecule has 3 atom stereocenters. The molecule has 2 aliphatic heterocycles. The molecule has 0 saturated carbocycles. The lowest BCUT2D eigenvalue weighted by atomic mass is 9.77. The highest BCUT2D eigenvalue weighted by atomic mass is 35.5. The largest absolute Gasteiger partial charge is 0.496 e. The van der Waals surface area contributed by atoms with Crippen LogP contribution in [0.25, 0.3) is 0 Å². The third-order valence-corrected chi connectivity index (χ3v) is 5.99. The number of ether oxygens (including phenoxy) is 3. The number of piperidine rings is 1. The van der Waals surface area contributed by atoms with E-state index in [1.165, 1.54) is 11.6 Å². The molecule has 0 radical (unpaired) electrons. The van der Waals surface area contributed by atoms with Crippen LogP contribution in [0.1, 0.15) is 42.3 Å². The van der Waals surface area contributed by atoms with Crippen LogP contribution in [0.2, 0.25) is 0 Å². The van der Waals surface area contributed by atoms with Crippen LogP contribution in [-0.2, 0) is 4.74 Å². The van der Waals surface area contributed by atoms with Crippen LogP contribution in [0.4, 0.5) is 13.2 Å². The van der Waals surface area contributed by atoms with E-state index in [4.69, 9.17) is 14.2 Å². The molecule has 2 heterocycles. The van der Waals surface area contributed by atoms with Crippen LogP contribution in [-0.4, -0.2) is 38.6 Å². The normalized spacial score (nSPS) is 25.8. The van der Waals surface area contributed by atoms with Crippen molar-refractivity contribution >= 4 is 12.4 Å². The van der Waals surface area contributed by atoms with Gasteiger partial charge < -0.3 is 19.5 Å². The Balaban J connectivity index is 0.00000272. The average molecular weight is 458 g/mol. The van der Waals surface area contributed by atoms with Crippen LogP contribution < -0.4 is 14.8 Å². The number of hydrogen-bond acceptors (Lipinski definition) is 4. The van der Waals surface area contributed by atoms with Gasteiger partial charge in [0.2, 0.25) is 0 Å². The number of rotatable bonds is 5. The second-order valence-corrected chi connectivity index (χ2v) is 7.99. The molecule has 170 valence electrons. The van der Waals surface area contributed by atoms with E-state index in [-0.39, 0.29) is 35.7 Å². The fourth-order valence-electron chi connectivity index (χ4n) is 4.69. The number of methoxy groups -OCH3 is 1. The molecule has 0 amide bonds. The van der Waals surface area contributed by atoms with E-state index in [1.54, 1.807) is 19.2 Å². The van der Waals surface area contributed by atoms with E-state index >= 15 is 0 Å². The minimum Gasteiger partial charge on any atom is -0.496 e. The summed E-state index contributed by atoms with van der Waals surface area (Å²) in [4.78, 5) is 0. The van der Waals surface area contributed by atoms with E-state index in [1.807, 2.05) is 18.2 Å². The van der Waals surface area contributed by atoms with Gasteiger partial charge in [-0.1, -0.05) is 30.3 Å². The van der Waals surface area contributed by atoms with Crippen molar-refractivity contribution in [1.29, 1.82) is 0 Å². The second-order valence-electron chi connectivity index (χ2n) is 7.99. The fraction of sp³-hybridized carbons (Fsp3) is 0.478. The lowest BCUT2D eigenvalue weighted by Gasteiger charge is -2.41. The van der Waals surface area contributed by atoms with Gasteiger partial charge in [-0.15, -0.1) is 12.4 Å². The molecular weight excluding hydrogens is 431 g/mol. The van der Waals surface area contributed by atoms with Crippen LogP contribution in [0.5, 0.6) is 11.5 Å². The molecule has 0 unspecified atom stereocenters. The van der Waals surface area contributed by atoms with E-state index in [0.29, 0.717) is 12.4 Å². The maximum absolute atomic E-state index is 12.6. The van der Waals surface area contributed by atoms with Crippen molar-refractivity contribution in [1.82, 2.24) is 5.32 Å². The second kappa shape index (κ2) is 9.67. The summed E-state index contributed by atoms with van der Waals surface area (Å²) in [5.74, 6) is 0.839. The third-order valence-electron chi connectivity index (χ3n) is 5.99. The summed E-state index contributed by atoms with van der Waals surface area (Å²) < 4.78 is 54.6. The molecule has 0 aromatic heterocycles. The molecule has 2 aromatic rings. The van der Waals surface area contributed by atoms with Crippen molar-refractivity contribution in [2.75, 3.05) is 26.9 Å².